The van der Waals surface area contributed by atoms with Gasteiger partial charge in [0.2, 0.25) is 25.8 Å². The molecule has 2 aromatic carbocycles. The smallest absolute Gasteiger partial charge is 0.243 e. The number of hydrogen-bond acceptors (Lipinski definition) is 8. The summed E-state index contributed by atoms with van der Waals surface area (Å²) in [5, 5.41) is 1.89. The molecule has 218 valence electrons. The summed E-state index contributed by atoms with van der Waals surface area (Å²) in [5.41, 5.74) is 0.639. The van der Waals surface area contributed by atoms with Gasteiger partial charge in [0, 0.05) is 24.0 Å². The number of sulfonamides is 2. The summed E-state index contributed by atoms with van der Waals surface area (Å²) >= 11 is 1.45. The Morgan fingerprint density at radius 3 is 2.05 bits per heavy atom. The molecule has 1 aromatic heterocycles. The van der Waals surface area contributed by atoms with E-state index in [1.807, 2.05) is 17.5 Å². The quantitative estimate of drug-likeness (QED) is 0.307. The molecule has 0 saturated heterocycles. The highest BCUT2D eigenvalue weighted by Crippen LogP contribution is 2.39. The Morgan fingerprint density at radius 2 is 1.50 bits per heavy atom. The molecule has 9 nitrogen and oxygen atoms in total. The van der Waals surface area contributed by atoms with Crippen LogP contribution in [0.3, 0.4) is 0 Å². The summed E-state index contributed by atoms with van der Waals surface area (Å²) < 4.78 is 74.4. The SMILES string of the molecule is COc1cc(CN(Cc2cccs2)S(=O)(=O)c2ccc(S(=O)(=O)N[C@@H]3CCCC[C@@H]3C)cc2)cc(OC)c1OC. The van der Waals surface area contributed by atoms with E-state index in [-0.39, 0.29) is 34.8 Å². The van der Waals surface area contributed by atoms with Gasteiger partial charge in [-0.2, -0.15) is 4.31 Å². The maximum atomic E-state index is 13.9. The monoisotopic (exact) mass is 608 g/mol. The number of nitrogens with one attached hydrogen (secondary N) is 1. The Bertz CT molecular complexity index is 1460. The van der Waals surface area contributed by atoms with Gasteiger partial charge < -0.3 is 14.2 Å². The van der Waals surface area contributed by atoms with Crippen LogP contribution in [-0.4, -0.2) is 48.5 Å². The lowest BCUT2D eigenvalue weighted by molar-refractivity contribution is 0.310. The van der Waals surface area contributed by atoms with Crippen molar-refractivity contribution in [2.24, 2.45) is 5.92 Å². The minimum absolute atomic E-state index is 0.00137. The fraction of sp³-hybridized carbons (Fsp3) is 0.429. The summed E-state index contributed by atoms with van der Waals surface area (Å²) in [6.45, 7) is 2.22. The van der Waals surface area contributed by atoms with Crippen molar-refractivity contribution in [3.63, 3.8) is 0 Å². The van der Waals surface area contributed by atoms with Crippen LogP contribution in [0.4, 0.5) is 0 Å². The summed E-state index contributed by atoms with van der Waals surface area (Å²) in [5.74, 6) is 1.50. The molecule has 1 saturated carbocycles. The van der Waals surface area contributed by atoms with Crippen molar-refractivity contribution in [3.05, 3.63) is 64.4 Å². The van der Waals surface area contributed by atoms with Crippen LogP contribution in [0, 0.1) is 5.92 Å². The highest BCUT2D eigenvalue weighted by atomic mass is 32.2. The number of benzene rings is 2. The predicted molar refractivity (Wildman–Crippen MR) is 155 cm³/mol. The second-order valence-corrected chi connectivity index (χ2v) is 14.5. The largest absolute Gasteiger partial charge is 0.493 e. The molecule has 1 heterocycles. The van der Waals surface area contributed by atoms with Gasteiger partial charge >= 0.3 is 0 Å². The number of ether oxygens (including phenoxy) is 3. The first-order valence-corrected chi connectivity index (χ1v) is 16.8. The van der Waals surface area contributed by atoms with Crippen LogP contribution in [0.5, 0.6) is 17.2 Å². The number of methoxy groups -OCH3 is 3. The van der Waals surface area contributed by atoms with Crippen LogP contribution in [0.1, 0.15) is 43.0 Å². The molecule has 3 aromatic rings. The van der Waals surface area contributed by atoms with Gasteiger partial charge in [-0.25, -0.2) is 21.6 Å². The second kappa shape index (κ2) is 12.9. The normalized spacial score (nSPS) is 18.0. The average molecular weight is 609 g/mol. The van der Waals surface area contributed by atoms with Crippen LogP contribution in [0.25, 0.3) is 0 Å². The third kappa shape index (κ3) is 6.80. The Balaban J connectivity index is 1.63. The minimum atomic E-state index is -4.02. The van der Waals surface area contributed by atoms with E-state index in [1.54, 1.807) is 12.1 Å². The molecule has 1 aliphatic rings. The summed E-state index contributed by atoms with van der Waals surface area (Å²) in [6.07, 6.45) is 3.87. The van der Waals surface area contributed by atoms with E-state index in [0.29, 0.717) is 22.8 Å². The van der Waals surface area contributed by atoms with Gasteiger partial charge in [-0.3, -0.25) is 0 Å². The number of nitrogens with zero attached hydrogens (tertiary/aromatic N) is 1. The molecule has 12 heteroatoms. The highest BCUT2D eigenvalue weighted by Gasteiger charge is 2.29. The topological polar surface area (TPSA) is 111 Å². The van der Waals surface area contributed by atoms with Gasteiger partial charge in [0.15, 0.2) is 11.5 Å². The van der Waals surface area contributed by atoms with Crippen LogP contribution in [-0.2, 0) is 33.1 Å². The van der Waals surface area contributed by atoms with Gasteiger partial charge in [-0.1, -0.05) is 25.8 Å². The third-order valence-electron chi connectivity index (χ3n) is 7.19. The Labute approximate surface area is 241 Å². The Kier molecular flexibility index (Phi) is 9.78. The van der Waals surface area contributed by atoms with Gasteiger partial charge in [0.25, 0.3) is 0 Å². The van der Waals surface area contributed by atoms with Crippen molar-refractivity contribution >= 4 is 31.4 Å². The molecule has 40 heavy (non-hydrogen) atoms. The van der Waals surface area contributed by atoms with E-state index in [4.69, 9.17) is 14.2 Å². The van der Waals surface area contributed by atoms with Gasteiger partial charge in [0.05, 0.1) is 31.1 Å². The standard InChI is InChI=1S/C28H36N2O7S3/c1-20-8-5-6-10-25(20)29-39(31,32)23-11-13-24(14-12-23)40(33,34)30(19-22-9-7-15-38-22)18-21-16-26(35-2)28(37-4)27(17-21)36-3/h7,9,11-17,20,25,29H,5-6,8,10,18-19H2,1-4H3/t20-,25+/m0/s1. The lowest BCUT2D eigenvalue weighted by Crippen LogP contribution is -2.40. The van der Waals surface area contributed by atoms with Crippen molar-refractivity contribution in [1.29, 1.82) is 0 Å². The Hall–Kier alpha value is -2.64. The molecule has 0 aliphatic heterocycles. The predicted octanol–water partition coefficient (Wildman–Crippen LogP) is 5.02. The average Bonchev–Trinajstić information content (AvgIpc) is 3.46. The van der Waals surface area contributed by atoms with Crippen LogP contribution in [0.2, 0.25) is 0 Å². The first-order valence-electron chi connectivity index (χ1n) is 13.0. The van der Waals surface area contributed by atoms with E-state index in [1.165, 1.54) is 61.2 Å². The molecule has 0 bridgehead atoms. The van der Waals surface area contributed by atoms with E-state index in [0.717, 1.165) is 30.6 Å². The lowest BCUT2D eigenvalue weighted by atomic mass is 9.87. The zero-order chi connectivity index (χ0) is 28.9. The molecule has 1 fully saturated rings. The van der Waals surface area contributed by atoms with Crippen LogP contribution < -0.4 is 18.9 Å². The summed E-state index contributed by atoms with van der Waals surface area (Å²) in [7, 11) is -3.30. The second-order valence-electron chi connectivity index (χ2n) is 9.85. The van der Waals surface area contributed by atoms with Crippen molar-refractivity contribution in [3.8, 4) is 17.2 Å². The summed E-state index contributed by atoms with van der Waals surface area (Å²) in [6, 6.07) is 12.5. The molecule has 1 aliphatic carbocycles. The third-order valence-corrected chi connectivity index (χ3v) is 11.4. The molecule has 0 unspecified atom stereocenters. The zero-order valence-corrected chi connectivity index (χ0v) is 25.6. The number of thiophene rings is 1. The summed E-state index contributed by atoms with van der Waals surface area (Å²) in [4.78, 5) is 0.904. The zero-order valence-electron chi connectivity index (χ0n) is 23.1. The lowest BCUT2D eigenvalue weighted by Gasteiger charge is -2.29. The van der Waals surface area contributed by atoms with Crippen LogP contribution in [0.15, 0.2) is 63.7 Å². The molecule has 2 atom stereocenters. The maximum Gasteiger partial charge on any atom is 0.243 e. The maximum absolute atomic E-state index is 13.9. The van der Waals surface area contributed by atoms with Crippen molar-refractivity contribution in [2.45, 2.75) is 61.5 Å². The van der Waals surface area contributed by atoms with E-state index >= 15 is 0 Å². The Morgan fingerprint density at radius 1 is 0.875 bits per heavy atom. The van der Waals surface area contributed by atoms with E-state index in [9.17, 15) is 16.8 Å². The molecular formula is C28H36N2O7S3. The molecule has 0 spiro atoms. The minimum Gasteiger partial charge on any atom is -0.493 e. The van der Waals surface area contributed by atoms with Gasteiger partial charge in [-0.15, -0.1) is 11.3 Å². The number of rotatable bonds is 12. The van der Waals surface area contributed by atoms with Gasteiger partial charge in [0.1, 0.15) is 0 Å². The molecular weight excluding hydrogens is 573 g/mol. The fourth-order valence-corrected chi connectivity index (χ4v) is 8.52. The van der Waals surface area contributed by atoms with Crippen LogP contribution >= 0.6 is 11.3 Å². The number of hydrogen-bond donors (Lipinski definition) is 1. The van der Waals surface area contributed by atoms with Crippen molar-refractivity contribution in [2.75, 3.05) is 21.3 Å². The highest BCUT2D eigenvalue weighted by molar-refractivity contribution is 7.89. The van der Waals surface area contributed by atoms with Gasteiger partial charge in [-0.05, 0) is 72.2 Å². The fourth-order valence-electron chi connectivity index (χ4n) is 4.93. The molecule has 0 amide bonds. The molecule has 4 rings (SSSR count). The van der Waals surface area contributed by atoms with E-state index < -0.39 is 20.0 Å². The van der Waals surface area contributed by atoms with E-state index in [2.05, 4.69) is 11.6 Å². The molecule has 1 N–H and O–H groups in total. The van der Waals surface area contributed by atoms with Crippen molar-refractivity contribution in [1.82, 2.24) is 9.03 Å². The first kappa shape index (κ1) is 30.3. The molecule has 0 radical (unpaired) electrons. The van der Waals surface area contributed by atoms with Crippen molar-refractivity contribution < 1.29 is 31.0 Å². The first-order chi connectivity index (χ1) is 19.1.